The summed E-state index contributed by atoms with van der Waals surface area (Å²) in [6, 6.07) is 7.07. The van der Waals surface area contributed by atoms with Gasteiger partial charge in [0.25, 0.3) is 5.91 Å². The number of hydrogen-bond donors (Lipinski definition) is 0. The van der Waals surface area contributed by atoms with Gasteiger partial charge in [-0.3, -0.25) is 9.59 Å². The number of carbonyl (C=O) groups is 2. The van der Waals surface area contributed by atoms with E-state index in [-0.39, 0.29) is 11.8 Å². The van der Waals surface area contributed by atoms with Crippen molar-refractivity contribution in [3.63, 3.8) is 0 Å². The molecule has 0 saturated carbocycles. The Kier molecular flexibility index (Phi) is 6.46. The van der Waals surface area contributed by atoms with Crippen LogP contribution in [-0.2, 0) is 22.6 Å². The lowest BCUT2D eigenvalue weighted by atomic mass is 9.96. The Balaban J connectivity index is 1.38. The minimum Gasteiger partial charge on any atom is -0.481 e. The van der Waals surface area contributed by atoms with Crippen molar-refractivity contribution in [2.45, 2.75) is 51.7 Å². The summed E-state index contributed by atoms with van der Waals surface area (Å²) in [5, 5.41) is 9.46. The second-order valence-electron chi connectivity index (χ2n) is 8.20. The van der Waals surface area contributed by atoms with Crippen molar-refractivity contribution in [3.05, 3.63) is 40.9 Å². The van der Waals surface area contributed by atoms with Crippen LogP contribution in [0.3, 0.4) is 0 Å². The lowest BCUT2D eigenvalue weighted by Crippen LogP contribution is -2.42. The highest BCUT2D eigenvalue weighted by Crippen LogP contribution is 2.28. The summed E-state index contributed by atoms with van der Waals surface area (Å²) in [5.41, 5.74) is 0. The van der Waals surface area contributed by atoms with Crippen molar-refractivity contribution in [1.29, 1.82) is 0 Å². The Morgan fingerprint density at radius 3 is 2.58 bits per heavy atom. The van der Waals surface area contributed by atoms with Gasteiger partial charge in [0.05, 0.1) is 0 Å². The molecule has 0 bridgehead atoms. The second kappa shape index (κ2) is 9.26. The van der Waals surface area contributed by atoms with Gasteiger partial charge in [-0.15, -0.1) is 10.2 Å². The fourth-order valence-corrected chi connectivity index (χ4v) is 4.55. The van der Waals surface area contributed by atoms with Crippen molar-refractivity contribution < 1.29 is 14.3 Å². The number of halogens is 1. The maximum Gasteiger partial charge on any atom is 0.263 e. The molecule has 1 aromatic heterocycles. The standard InChI is InChI=1S/C22H28ClN5O3/c1-15(31-19-5-3-4-18(23)14-19)22(30)27-11-8-20-24-25-21(28(20)13-12-27)17-6-9-26(10-7-17)16(2)29/h3-5,14-15,17H,6-13H2,1-2H3. The molecule has 4 rings (SSSR count). The minimum atomic E-state index is -0.600. The highest BCUT2D eigenvalue weighted by Gasteiger charge is 2.30. The Labute approximate surface area is 187 Å². The fourth-order valence-electron chi connectivity index (χ4n) is 4.37. The first-order valence-corrected chi connectivity index (χ1v) is 11.2. The predicted molar refractivity (Wildman–Crippen MR) is 116 cm³/mol. The summed E-state index contributed by atoms with van der Waals surface area (Å²) < 4.78 is 7.99. The Hall–Kier alpha value is -2.61. The lowest BCUT2D eigenvalue weighted by molar-refractivity contribution is -0.138. The van der Waals surface area contributed by atoms with E-state index in [4.69, 9.17) is 16.3 Å². The van der Waals surface area contributed by atoms with Crippen LogP contribution in [-0.4, -0.2) is 68.7 Å². The Bertz CT molecular complexity index is 954. The van der Waals surface area contributed by atoms with Gasteiger partial charge in [0, 0.05) is 57.0 Å². The van der Waals surface area contributed by atoms with Gasteiger partial charge in [-0.25, -0.2) is 0 Å². The highest BCUT2D eigenvalue weighted by atomic mass is 35.5. The van der Waals surface area contributed by atoms with Crippen molar-refractivity contribution in [3.8, 4) is 5.75 Å². The topological polar surface area (TPSA) is 80.6 Å². The molecule has 0 spiro atoms. The zero-order valence-corrected chi connectivity index (χ0v) is 18.7. The molecule has 8 nitrogen and oxygen atoms in total. The molecule has 2 aliphatic heterocycles. The van der Waals surface area contributed by atoms with E-state index >= 15 is 0 Å². The SMILES string of the molecule is CC(=O)N1CCC(c2nnc3n2CCN(C(=O)C(C)Oc2cccc(Cl)c2)CC3)CC1. The third-order valence-corrected chi connectivity index (χ3v) is 6.36. The van der Waals surface area contributed by atoms with Gasteiger partial charge in [-0.05, 0) is 38.0 Å². The maximum absolute atomic E-state index is 13.0. The molecule has 0 aliphatic carbocycles. The largest absolute Gasteiger partial charge is 0.481 e. The molecule has 1 aromatic carbocycles. The lowest BCUT2D eigenvalue weighted by Gasteiger charge is -2.31. The van der Waals surface area contributed by atoms with Crippen LogP contribution in [0.2, 0.25) is 5.02 Å². The number of aromatic nitrogens is 3. The average Bonchev–Trinajstić information content (AvgIpc) is 3.04. The van der Waals surface area contributed by atoms with Crippen LogP contribution in [0.5, 0.6) is 5.75 Å². The fraction of sp³-hybridized carbons (Fsp3) is 0.545. The van der Waals surface area contributed by atoms with E-state index in [1.165, 1.54) is 0 Å². The molecule has 2 aromatic rings. The molecule has 1 saturated heterocycles. The monoisotopic (exact) mass is 445 g/mol. The van der Waals surface area contributed by atoms with Crippen LogP contribution >= 0.6 is 11.6 Å². The van der Waals surface area contributed by atoms with E-state index < -0.39 is 6.10 Å². The maximum atomic E-state index is 13.0. The quantitative estimate of drug-likeness (QED) is 0.722. The summed E-state index contributed by atoms with van der Waals surface area (Å²) in [5.74, 6) is 2.86. The van der Waals surface area contributed by atoms with Gasteiger partial charge in [0.2, 0.25) is 5.91 Å². The van der Waals surface area contributed by atoms with Gasteiger partial charge >= 0.3 is 0 Å². The van der Waals surface area contributed by atoms with Crippen LogP contribution in [0.15, 0.2) is 24.3 Å². The molecule has 1 fully saturated rings. The summed E-state index contributed by atoms with van der Waals surface area (Å²) in [6.45, 7) is 6.74. The van der Waals surface area contributed by atoms with Crippen LogP contribution in [0, 0.1) is 0 Å². The number of rotatable bonds is 4. The van der Waals surface area contributed by atoms with E-state index in [0.717, 1.165) is 37.6 Å². The Morgan fingerprint density at radius 1 is 1.10 bits per heavy atom. The first-order chi connectivity index (χ1) is 14.9. The van der Waals surface area contributed by atoms with Crippen LogP contribution < -0.4 is 4.74 Å². The first-order valence-electron chi connectivity index (χ1n) is 10.8. The third kappa shape index (κ3) is 4.84. The normalized spacial score (nSPS) is 18.3. The number of piperidine rings is 1. The molecule has 9 heteroatoms. The molecule has 2 amide bonds. The number of benzene rings is 1. The van der Waals surface area contributed by atoms with Crippen LogP contribution in [0.25, 0.3) is 0 Å². The van der Waals surface area contributed by atoms with Crippen molar-refractivity contribution >= 4 is 23.4 Å². The third-order valence-electron chi connectivity index (χ3n) is 6.13. The number of nitrogens with zero attached hydrogens (tertiary/aromatic N) is 5. The van der Waals surface area contributed by atoms with E-state index in [0.29, 0.717) is 42.7 Å². The van der Waals surface area contributed by atoms with E-state index in [1.807, 2.05) is 9.80 Å². The average molecular weight is 446 g/mol. The molecular formula is C22H28ClN5O3. The molecule has 0 N–H and O–H groups in total. The number of hydrogen-bond acceptors (Lipinski definition) is 5. The smallest absolute Gasteiger partial charge is 0.263 e. The molecular weight excluding hydrogens is 418 g/mol. The Morgan fingerprint density at radius 2 is 1.87 bits per heavy atom. The zero-order chi connectivity index (χ0) is 22.0. The summed E-state index contributed by atoms with van der Waals surface area (Å²) in [4.78, 5) is 28.3. The van der Waals surface area contributed by atoms with Gasteiger partial charge < -0.3 is 19.1 Å². The highest BCUT2D eigenvalue weighted by molar-refractivity contribution is 6.30. The van der Waals surface area contributed by atoms with Crippen LogP contribution in [0.1, 0.15) is 44.3 Å². The van der Waals surface area contributed by atoms with E-state index in [2.05, 4.69) is 14.8 Å². The number of amides is 2. The molecule has 166 valence electrons. The summed E-state index contributed by atoms with van der Waals surface area (Å²) in [6.07, 6.45) is 1.85. The van der Waals surface area contributed by atoms with Gasteiger partial charge in [0.15, 0.2) is 6.10 Å². The summed E-state index contributed by atoms with van der Waals surface area (Å²) >= 11 is 6.01. The summed E-state index contributed by atoms with van der Waals surface area (Å²) in [7, 11) is 0. The first kappa shape index (κ1) is 21.6. The van der Waals surface area contributed by atoms with Gasteiger partial charge in [0.1, 0.15) is 17.4 Å². The zero-order valence-electron chi connectivity index (χ0n) is 18.0. The van der Waals surface area contributed by atoms with Crippen molar-refractivity contribution in [2.24, 2.45) is 0 Å². The van der Waals surface area contributed by atoms with E-state index in [9.17, 15) is 9.59 Å². The van der Waals surface area contributed by atoms with Gasteiger partial charge in [-0.1, -0.05) is 17.7 Å². The molecule has 1 unspecified atom stereocenters. The second-order valence-corrected chi connectivity index (χ2v) is 8.64. The van der Waals surface area contributed by atoms with Crippen molar-refractivity contribution in [2.75, 3.05) is 26.2 Å². The minimum absolute atomic E-state index is 0.0463. The number of fused-ring (bicyclic) bond motifs is 1. The molecule has 31 heavy (non-hydrogen) atoms. The molecule has 2 aliphatic rings. The number of likely N-dealkylation sites (tertiary alicyclic amines) is 1. The molecule has 0 radical (unpaired) electrons. The number of ether oxygens (including phenoxy) is 1. The van der Waals surface area contributed by atoms with Gasteiger partial charge in [-0.2, -0.15) is 0 Å². The molecule has 3 heterocycles. The predicted octanol–water partition coefficient (Wildman–Crippen LogP) is 2.51. The van der Waals surface area contributed by atoms with E-state index in [1.54, 1.807) is 38.1 Å². The van der Waals surface area contributed by atoms with Crippen molar-refractivity contribution in [1.82, 2.24) is 24.6 Å². The number of carbonyl (C=O) groups excluding carboxylic acids is 2. The molecule has 1 atom stereocenters. The van der Waals surface area contributed by atoms with Crippen LogP contribution in [0.4, 0.5) is 0 Å².